The first-order valence-corrected chi connectivity index (χ1v) is 18.4. The maximum Gasteiger partial charge on any atom is 0.319 e. The number of hydrogen-bond acceptors (Lipinski definition) is 10. The first kappa shape index (κ1) is 33.1. The lowest BCUT2D eigenvalue weighted by Gasteiger charge is -2.38. The van der Waals surface area contributed by atoms with Crippen molar-refractivity contribution in [1.29, 1.82) is 0 Å². The number of carbonyl (C=O) groups is 2. The maximum atomic E-state index is 13.6. The normalized spacial score (nSPS) is 22.1. The van der Waals surface area contributed by atoms with Crippen molar-refractivity contribution in [2.75, 3.05) is 57.0 Å². The zero-order chi connectivity index (χ0) is 33.1. The number of imidazole rings is 1. The van der Waals surface area contributed by atoms with Crippen LogP contribution in [0.25, 0.3) is 5.65 Å². The number of urea groups is 1. The summed E-state index contributed by atoms with van der Waals surface area (Å²) in [5.41, 5.74) is 1.65. The molecule has 6 aliphatic rings. The number of nitrogens with one attached hydrogen (secondary N) is 3. The van der Waals surface area contributed by atoms with E-state index in [1.807, 2.05) is 9.80 Å². The molecule has 0 radical (unpaired) electrons. The molecule has 47 heavy (non-hydrogen) atoms. The third kappa shape index (κ3) is 7.07. The van der Waals surface area contributed by atoms with Gasteiger partial charge < -0.3 is 39.5 Å². The third-order valence-corrected chi connectivity index (χ3v) is 12.1. The Bertz CT molecular complexity index is 1810. The minimum atomic E-state index is -2.67. The largest absolute Gasteiger partial charge is 0.495 e. The van der Waals surface area contributed by atoms with Crippen LogP contribution >= 0.6 is 11.8 Å². The van der Waals surface area contributed by atoms with E-state index >= 15 is 0 Å². The topological polar surface area (TPSA) is 116 Å². The molecule has 1 aromatic carbocycles. The highest BCUT2D eigenvalue weighted by molar-refractivity contribution is 8.27. The van der Waals surface area contributed by atoms with Gasteiger partial charge >= 0.3 is 6.03 Å². The van der Waals surface area contributed by atoms with Crippen molar-refractivity contribution in [1.82, 2.24) is 29.5 Å². The lowest BCUT2D eigenvalue weighted by molar-refractivity contribution is 0.0951. The van der Waals surface area contributed by atoms with Gasteiger partial charge in [0.15, 0.2) is 11.5 Å². The van der Waals surface area contributed by atoms with E-state index in [-0.39, 0.29) is 40.0 Å². The van der Waals surface area contributed by atoms with E-state index in [4.69, 9.17) is 15.9 Å². The highest BCUT2D eigenvalue weighted by atomic mass is 32.8. The second-order valence-corrected chi connectivity index (χ2v) is 15.3. The van der Waals surface area contributed by atoms with Crippen molar-refractivity contribution in [2.45, 2.75) is 47.3 Å². The number of ether oxygens (including phenoxy) is 1. The van der Waals surface area contributed by atoms with E-state index in [0.717, 1.165) is 6.42 Å². The monoisotopic (exact) mass is 701 g/mol. The number of aromatic nitrogens is 3. The Morgan fingerprint density at radius 2 is 2.00 bits per heavy atom. The number of anilines is 2. The maximum absolute atomic E-state index is 13.6. The number of benzene rings is 1. The van der Waals surface area contributed by atoms with Crippen molar-refractivity contribution in [2.24, 2.45) is 0 Å². The predicted octanol–water partition coefficient (Wildman–Crippen LogP) is 3.60. The number of nitrogens with zero attached hydrogens (tertiary/aromatic N) is 5. The van der Waals surface area contributed by atoms with Crippen molar-refractivity contribution in [3.05, 3.63) is 41.9 Å². The number of carbonyl (C=O) groups excluding carboxylic acids is 2. The van der Waals surface area contributed by atoms with Crippen molar-refractivity contribution < 1.29 is 23.1 Å². The number of halogens is 2. The summed E-state index contributed by atoms with van der Waals surface area (Å²) in [6, 6.07) is 5.04. The third-order valence-electron chi connectivity index (χ3n) is 8.78. The molecule has 2 saturated heterocycles. The minimum absolute atomic E-state index is 0.00899. The molecule has 3 amide bonds. The number of methoxy groups -OCH3 is 1. The standard InChI is InChI=1S/C31H35F2N8O3S3/c1-44-24-18-20-5-6-22(24)34-11-3-4-23-28(46-29(32)33)41-17-13-35-25(26(41)38-23)37-21-7-14-39(15-8-21)30(43)40-16-10-31(19-40,47(2)45)9-12-36-27(20)42/h5-6,13,17-18,21,29,34H,2,7-12,14-16,19H2,1H3,(H,35,37)(H,36,42)/q-1/t31-/m0/s1. The van der Waals surface area contributed by atoms with Crippen LogP contribution in [0.3, 0.4) is 0 Å². The quantitative estimate of drug-likeness (QED) is 0.163. The molecule has 0 unspecified atom stereocenters. The van der Waals surface area contributed by atoms with E-state index < -0.39 is 14.8 Å². The van der Waals surface area contributed by atoms with Crippen molar-refractivity contribution >= 4 is 67.0 Å². The number of piperidine rings is 1. The zero-order valence-electron chi connectivity index (χ0n) is 25.8. The summed E-state index contributed by atoms with van der Waals surface area (Å²) < 4.78 is 34.0. The molecule has 6 aliphatic heterocycles. The smallest absolute Gasteiger partial charge is 0.319 e. The Labute approximate surface area is 282 Å². The van der Waals surface area contributed by atoms with E-state index in [0.29, 0.717) is 92.2 Å². The Balaban J connectivity index is 1.32. The van der Waals surface area contributed by atoms with E-state index in [1.165, 1.54) is 7.11 Å². The molecule has 8 heterocycles. The van der Waals surface area contributed by atoms with E-state index in [9.17, 15) is 18.4 Å². The van der Waals surface area contributed by atoms with Gasteiger partial charge in [-0.15, -0.1) is 0 Å². The van der Waals surface area contributed by atoms with Crippen LogP contribution in [0.4, 0.5) is 25.1 Å². The average Bonchev–Trinajstić information content (AvgIpc) is 3.65. The molecule has 3 N–H and O–H groups in total. The first-order valence-electron chi connectivity index (χ1n) is 15.2. The number of hydrogen-bond donors (Lipinski definition) is 3. The summed E-state index contributed by atoms with van der Waals surface area (Å²) in [5.74, 6) is 8.08. The van der Waals surface area contributed by atoms with Crippen LogP contribution in [0.1, 0.15) is 41.7 Å². The molecule has 250 valence electrons. The van der Waals surface area contributed by atoms with Gasteiger partial charge in [-0.3, -0.25) is 20.4 Å². The molecule has 2 fully saturated rings. The predicted molar refractivity (Wildman–Crippen MR) is 185 cm³/mol. The van der Waals surface area contributed by atoms with Gasteiger partial charge in [-0.1, -0.05) is 10.7 Å². The fraction of sp³-hybridized carbons (Fsp3) is 0.452. The van der Waals surface area contributed by atoms with Crippen LogP contribution in [0.2, 0.25) is 0 Å². The van der Waals surface area contributed by atoms with Gasteiger partial charge in [0.25, 0.3) is 11.7 Å². The Morgan fingerprint density at radius 1 is 1.19 bits per heavy atom. The van der Waals surface area contributed by atoms with Crippen LogP contribution < -0.4 is 20.7 Å². The average molecular weight is 702 g/mol. The molecule has 0 saturated carbocycles. The summed E-state index contributed by atoms with van der Waals surface area (Å²) >= 11 is 6.07. The van der Waals surface area contributed by atoms with Crippen LogP contribution in [0, 0.1) is 11.8 Å². The first-order chi connectivity index (χ1) is 22.7. The van der Waals surface area contributed by atoms with Crippen LogP contribution in [-0.2, 0) is 20.2 Å². The van der Waals surface area contributed by atoms with Gasteiger partial charge in [0.2, 0.25) is 0 Å². The molecule has 0 spiro atoms. The van der Waals surface area contributed by atoms with Gasteiger partial charge in [0.05, 0.1) is 19.3 Å². The Morgan fingerprint density at radius 3 is 2.74 bits per heavy atom. The highest BCUT2D eigenvalue weighted by Gasteiger charge is 2.36. The summed E-state index contributed by atoms with van der Waals surface area (Å²) in [7, 11) is 0.870. The fourth-order valence-corrected chi connectivity index (χ4v) is 8.45. The zero-order valence-corrected chi connectivity index (χ0v) is 28.2. The molecule has 11 nitrogen and oxygen atoms in total. The molecule has 0 aliphatic carbocycles. The lowest BCUT2D eigenvalue weighted by atomic mass is 10.0. The summed E-state index contributed by atoms with van der Waals surface area (Å²) in [6.45, 7) is 2.75. The van der Waals surface area contributed by atoms with Crippen molar-refractivity contribution in [3.63, 3.8) is 0 Å². The molecular weight excluding hydrogens is 667 g/mol. The molecule has 2 aromatic heterocycles. The van der Waals surface area contributed by atoms with Gasteiger partial charge in [-0.25, -0.2) is 20.6 Å². The number of alkyl halides is 2. The highest BCUT2D eigenvalue weighted by Crippen LogP contribution is 2.33. The van der Waals surface area contributed by atoms with Crippen LogP contribution in [0.5, 0.6) is 5.75 Å². The molecule has 1 atom stereocenters. The Hall–Kier alpha value is -3.81. The molecular formula is C31H35F2N8O3S3-. The Kier molecular flexibility index (Phi) is 9.95. The number of rotatable bonds is 4. The van der Waals surface area contributed by atoms with Crippen LogP contribution in [0.15, 0.2) is 35.6 Å². The summed E-state index contributed by atoms with van der Waals surface area (Å²) in [4.78, 5) is 39.5. The number of amides is 3. The van der Waals surface area contributed by atoms with E-state index in [1.54, 1.807) is 35.0 Å². The van der Waals surface area contributed by atoms with Gasteiger partial charge in [0, 0.05) is 56.7 Å². The molecule has 9 rings (SSSR count). The molecule has 16 heteroatoms. The fourth-order valence-electron chi connectivity index (χ4n) is 6.21. The lowest BCUT2D eigenvalue weighted by Crippen LogP contribution is -2.49. The SMILES string of the molecule is C=[S-](=S)[C@@]12CCNC(=O)c3ccc(c(OC)c3)NCC#Cc3nc4c(nccn4c3SC(F)F)NC3CCN(CC3)C(=O)N(CC1)C2. The minimum Gasteiger partial charge on any atom is -0.495 e. The van der Waals surface area contributed by atoms with Gasteiger partial charge in [0.1, 0.15) is 16.5 Å². The summed E-state index contributed by atoms with van der Waals surface area (Å²) in [6.07, 6.45) is 5.85. The second-order valence-electron chi connectivity index (χ2n) is 11.6. The van der Waals surface area contributed by atoms with Crippen LogP contribution in [-0.4, -0.2) is 105 Å². The van der Waals surface area contributed by atoms with E-state index in [2.05, 4.69) is 43.6 Å². The van der Waals surface area contributed by atoms with Gasteiger partial charge in [-0.05, 0) is 61.6 Å². The molecule has 8 bridgehead atoms. The second kappa shape index (κ2) is 14.1. The van der Waals surface area contributed by atoms with Gasteiger partial charge in [-0.2, -0.15) is 8.78 Å². The van der Waals surface area contributed by atoms with Crippen molar-refractivity contribution in [3.8, 4) is 17.6 Å². The molecule has 3 aromatic rings. The summed E-state index contributed by atoms with van der Waals surface area (Å²) in [5, 5.41) is 9.82. The number of thioether (sulfide) groups is 1.